The van der Waals surface area contributed by atoms with E-state index < -0.39 is 17.8 Å². The van der Waals surface area contributed by atoms with Crippen LogP contribution in [0.25, 0.3) is 0 Å². The summed E-state index contributed by atoms with van der Waals surface area (Å²) in [5.74, 6) is -1.26. The Hall–Kier alpha value is -2.50. The van der Waals surface area contributed by atoms with Crippen molar-refractivity contribution in [2.24, 2.45) is 11.8 Å². The molecule has 0 radical (unpaired) electrons. The van der Waals surface area contributed by atoms with Crippen molar-refractivity contribution in [2.75, 3.05) is 13.3 Å². The fourth-order valence-electron chi connectivity index (χ4n) is 2.92. The number of nitrogens with one attached hydrogen (secondary N) is 1. The number of amides is 1. The van der Waals surface area contributed by atoms with Gasteiger partial charge < -0.3 is 24.7 Å². The second-order valence-corrected chi connectivity index (χ2v) is 5.70. The van der Waals surface area contributed by atoms with Gasteiger partial charge in [-0.25, -0.2) is 0 Å². The number of benzene rings is 1. The second kappa shape index (κ2) is 6.73. The van der Waals surface area contributed by atoms with E-state index in [9.17, 15) is 14.7 Å². The van der Waals surface area contributed by atoms with Crippen LogP contribution < -0.4 is 19.9 Å². The van der Waals surface area contributed by atoms with Crippen molar-refractivity contribution in [2.45, 2.75) is 19.3 Å². The van der Waals surface area contributed by atoms with Crippen molar-refractivity contribution in [3.63, 3.8) is 0 Å². The van der Waals surface area contributed by atoms with E-state index in [1.54, 1.807) is 6.08 Å². The molecule has 0 fully saturated rings. The number of fused-ring (bicyclic) bond motifs is 1. The van der Waals surface area contributed by atoms with Crippen LogP contribution in [-0.2, 0) is 16.0 Å². The molecular formula is C17H18NO5-. The molecule has 1 aromatic rings. The monoisotopic (exact) mass is 316 g/mol. The highest BCUT2D eigenvalue weighted by atomic mass is 16.7. The number of carbonyl (C=O) groups excluding carboxylic acids is 2. The van der Waals surface area contributed by atoms with Crippen LogP contribution in [0.15, 0.2) is 30.4 Å². The third kappa shape index (κ3) is 3.47. The Morgan fingerprint density at radius 3 is 2.65 bits per heavy atom. The van der Waals surface area contributed by atoms with Gasteiger partial charge in [0.15, 0.2) is 11.5 Å². The maximum Gasteiger partial charge on any atom is 0.231 e. The SMILES string of the molecule is O=C([O-])[C@H]1CC=CC[C@@H]1C(=O)NCCc1ccc2c(c1)OCO2. The minimum absolute atomic E-state index is 0.231. The first-order valence-electron chi connectivity index (χ1n) is 7.67. The van der Waals surface area contributed by atoms with Gasteiger partial charge in [-0.05, 0) is 37.0 Å². The lowest BCUT2D eigenvalue weighted by Gasteiger charge is -2.28. The quantitative estimate of drug-likeness (QED) is 0.795. The number of allylic oxidation sites excluding steroid dienone is 2. The summed E-state index contributed by atoms with van der Waals surface area (Å²) in [5, 5.41) is 13.9. The van der Waals surface area contributed by atoms with Crippen LogP contribution in [0.2, 0.25) is 0 Å². The highest BCUT2D eigenvalue weighted by Crippen LogP contribution is 2.32. The maximum atomic E-state index is 12.2. The van der Waals surface area contributed by atoms with Crippen molar-refractivity contribution in [1.29, 1.82) is 0 Å². The molecule has 0 unspecified atom stereocenters. The highest BCUT2D eigenvalue weighted by Gasteiger charge is 2.29. The van der Waals surface area contributed by atoms with Gasteiger partial charge in [-0.15, -0.1) is 0 Å². The Morgan fingerprint density at radius 1 is 1.13 bits per heavy atom. The van der Waals surface area contributed by atoms with Crippen LogP contribution in [0.5, 0.6) is 11.5 Å². The first-order valence-corrected chi connectivity index (χ1v) is 7.67. The lowest BCUT2D eigenvalue weighted by molar-refractivity contribution is -0.313. The summed E-state index contributed by atoms with van der Waals surface area (Å²) >= 11 is 0. The molecule has 1 amide bonds. The van der Waals surface area contributed by atoms with E-state index in [4.69, 9.17) is 9.47 Å². The van der Waals surface area contributed by atoms with Crippen molar-refractivity contribution in [1.82, 2.24) is 5.32 Å². The second-order valence-electron chi connectivity index (χ2n) is 5.70. The topological polar surface area (TPSA) is 87.7 Å². The molecular weight excluding hydrogens is 298 g/mol. The third-order valence-corrected chi connectivity index (χ3v) is 4.22. The van der Waals surface area contributed by atoms with E-state index in [1.807, 2.05) is 24.3 Å². The lowest BCUT2D eigenvalue weighted by Crippen LogP contribution is -2.44. The average molecular weight is 316 g/mol. The number of carboxylic acids is 1. The summed E-state index contributed by atoms with van der Waals surface area (Å²) in [7, 11) is 0. The van der Waals surface area contributed by atoms with Crippen LogP contribution in [-0.4, -0.2) is 25.2 Å². The highest BCUT2D eigenvalue weighted by molar-refractivity contribution is 5.84. The van der Waals surface area contributed by atoms with Gasteiger partial charge in [0, 0.05) is 24.3 Å². The normalized spacial score (nSPS) is 21.9. The number of ether oxygens (including phenoxy) is 2. The van der Waals surface area contributed by atoms with E-state index in [0.717, 1.165) is 11.3 Å². The molecule has 1 heterocycles. The van der Waals surface area contributed by atoms with Gasteiger partial charge in [0.05, 0.1) is 0 Å². The summed E-state index contributed by atoms with van der Waals surface area (Å²) in [5.41, 5.74) is 1.02. The predicted molar refractivity (Wildman–Crippen MR) is 79.6 cm³/mol. The number of aliphatic carboxylic acids is 1. The summed E-state index contributed by atoms with van der Waals surface area (Å²) in [4.78, 5) is 23.3. The van der Waals surface area contributed by atoms with Gasteiger partial charge >= 0.3 is 0 Å². The van der Waals surface area contributed by atoms with E-state index in [-0.39, 0.29) is 12.7 Å². The van der Waals surface area contributed by atoms with Crippen LogP contribution in [0, 0.1) is 11.8 Å². The van der Waals surface area contributed by atoms with Crippen molar-refractivity contribution in [3.05, 3.63) is 35.9 Å². The Morgan fingerprint density at radius 2 is 1.87 bits per heavy atom. The molecule has 0 spiro atoms. The first kappa shape index (κ1) is 15.4. The van der Waals surface area contributed by atoms with Gasteiger partial charge in [0.1, 0.15) is 0 Å². The number of hydrogen-bond donors (Lipinski definition) is 1. The van der Waals surface area contributed by atoms with E-state index >= 15 is 0 Å². The van der Waals surface area contributed by atoms with Crippen LogP contribution in [0.1, 0.15) is 18.4 Å². The van der Waals surface area contributed by atoms with Crippen molar-refractivity contribution in [3.8, 4) is 11.5 Å². The summed E-state index contributed by atoms with van der Waals surface area (Å²) in [6, 6.07) is 5.66. The lowest BCUT2D eigenvalue weighted by atomic mass is 9.82. The molecule has 1 N–H and O–H groups in total. The number of carbonyl (C=O) groups is 2. The Bertz CT molecular complexity index is 640. The molecule has 23 heavy (non-hydrogen) atoms. The van der Waals surface area contributed by atoms with Gasteiger partial charge in [-0.1, -0.05) is 18.2 Å². The molecule has 3 rings (SSSR count). The summed E-state index contributed by atoms with van der Waals surface area (Å²) in [6.45, 7) is 0.674. The van der Waals surface area contributed by atoms with E-state index in [1.165, 1.54) is 0 Å². The molecule has 0 saturated carbocycles. The molecule has 6 heteroatoms. The molecule has 2 aliphatic rings. The maximum absolute atomic E-state index is 12.2. The van der Waals surface area contributed by atoms with Crippen LogP contribution >= 0.6 is 0 Å². The minimum Gasteiger partial charge on any atom is -0.550 e. The Labute approximate surface area is 134 Å². The summed E-state index contributed by atoms with van der Waals surface area (Å²) < 4.78 is 10.6. The zero-order chi connectivity index (χ0) is 16.2. The zero-order valence-corrected chi connectivity index (χ0v) is 12.6. The zero-order valence-electron chi connectivity index (χ0n) is 12.6. The molecule has 122 valence electrons. The van der Waals surface area contributed by atoms with Crippen molar-refractivity contribution >= 4 is 11.9 Å². The summed E-state index contributed by atoms with van der Waals surface area (Å²) in [6.07, 6.45) is 5.07. The minimum atomic E-state index is -1.16. The van der Waals surface area contributed by atoms with Gasteiger partial charge in [-0.3, -0.25) is 4.79 Å². The molecule has 6 nitrogen and oxygen atoms in total. The van der Waals surface area contributed by atoms with E-state index in [2.05, 4.69) is 5.32 Å². The van der Waals surface area contributed by atoms with Gasteiger partial charge in [-0.2, -0.15) is 0 Å². The Kier molecular flexibility index (Phi) is 4.50. The fourth-order valence-corrected chi connectivity index (χ4v) is 2.92. The Balaban J connectivity index is 1.53. The van der Waals surface area contributed by atoms with Gasteiger partial charge in [0.2, 0.25) is 12.7 Å². The largest absolute Gasteiger partial charge is 0.550 e. The number of carboxylic acid groups (broad SMARTS) is 1. The van der Waals surface area contributed by atoms with Crippen molar-refractivity contribution < 1.29 is 24.2 Å². The molecule has 1 aliphatic heterocycles. The molecule has 0 aromatic heterocycles. The number of hydrogen-bond acceptors (Lipinski definition) is 5. The fraction of sp³-hybridized carbons (Fsp3) is 0.412. The first-order chi connectivity index (χ1) is 11.1. The predicted octanol–water partition coefficient (Wildman–Crippen LogP) is 0.406. The van der Waals surface area contributed by atoms with E-state index in [0.29, 0.717) is 31.6 Å². The molecule has 2 atom stereocenters. The average Bonchev–Trinajstić information content (AvgIpc) is 3.02. The molecule has 1 aromatic carbocycles. The number of rotatable bonds is 5. The molecule has 1 aliphatic carbocycles. The molecule has 0 saturated heterocycles. The molecule has 0 bridgehead atoms. The van der Waals surface area contributed by atoms with Gasteiger partial charge in [0.25, 0.3) is 0 Å². The smallest absolute Gasteiger partial charge is 0.231 e. The van der Waals surface area contributed by atoms with Crippen LogP contribution in [0.4, 0.5) is 0 Å². The standard InChI is InChI=1S/C17H19NO5/c19-16(12-3-1-2-4-13(12)17(20)21)18-8-7-11-5-6-14-15(9-11)23-10-22-14/h1-2,5-6,9,12-13H,3-4,7-8,10H2,(H,18,19)(H,20,21)/p-1/t12-,13-/m0/s1. The third-order valence-electron chi connectivity index (χ3n) is 4.22. The van der Waals surface area contributed by atoms with Crippen LogP contribution in [0.3, 0.4) is 0 Å².